The number of likely N-dealkylation sites (tertiary alicyclic amines) is 1. The average Bonchev–Trinajstić information content (AvgIpc) is 3.40. The van der Waals surface area contributed by atoms with Crippen molar-refractivity contribution in [3.63, 3.8) is 0 Å². The Hall–Kier alpha value is -2.67. The predicted molar refractivity (Wildman–Crippen MR) is 120 cm³/mol. The number of amides is 2. The molecule has 0 aliphatic carbocycles. The lowest BCUT2D eigenvalue weighted by Crippen LogP contribution is -2.28. The molecule has 0 radical (unpaired) electrons. The maximum absolute atomic E-state index is 13.6. The van der Waals surface area contributed by atoms with Crippen LogP contribution in [0.15, 0.2) is 24.3 Å². The highest BCUT2D eigenvalue weighted by molar-refractivity contribution is 7.21. The number of aryl methyl sites for hydroxylation is 2. The molecule has 0 N–H and O–H groups in total. The van der Waals surface area contributed by atoms with Gasteiger partial charge < -0.3 is 9.80 Å². The Bertz CT molecular complexity index is 1130. The van der Waals surface area contributed by atoms with Crippen molar-refractivity contribution >= 4 is 33.2 Å². The van der Waals surface area contributed by atoms with Crippen molar-refractivity contribution in [2.45, 2.75) is 39.7 Å². The highest BCUT2D eigenvalue weighted by atomic mass is 32.1. The molecule has 4 rings (SSSR count). The summed E-state index contributed by atoms with van der Waals surface area (Å²) in [6, 6.07) is 8.22. The van der Waals surface area contributed by atoms with Crippen molar-refractivity contribution in [2.24, 2.45) is 7.05 Å². The summed E-state index contributed by atoms with van der Waals surface area (Å²) in [6.07, 6.45) is 0.894. The molecule has 1 unspecified atom stereocenters. The Morgan fingerprint density at radius 2 is 2.00 bits per heavy atom. The second kappa shape index (κ2) is 7.87. The molecule has 2 aromatic heterocycles. The van der Waals surface area contributed by atoms with E-state index < -0.39 is 0 Å². The van der Waals surface area contributed by atoms with E-state index >= 15 is 0 Å². The molecule has 3 aromatic rings. The zero-order valence-corrected chi connectivity index (χ0v) is 19.0. The molecule has 6 nitrogen and oxygen atoms in total. The van der Waals surface area contributed by atoms with E-state index in [9.17, 15) is 9.59 Å². The minimum atomic E-state index is 0.0372. The highest BCUT2D eigenvalue weighted by Crippen LogP contribution is 2.40. The van der Waals surface area contributed by atoms with Gasteiger partial charge in [0.15, 0.2) is 0 Å². The first kappa shape index (κ1) is 20.6. The maximum atomic E-state index is 13.6. The molecule has 0 spiro atoms. The van der Waals surface area contributed by atoms with Gasteiger partial charge in [-0.15, -0.1) is 11.3 Å². The van der Waals surface area contributed by atoms with Crippen molar-refractivity contribution in [1.82, 2.24) is 19.6 Å². The Kier molecular flexibility index (Phi) is 5.40. The van der Waals surface area contributed by atoms with Crippen LogP contribution in [0.3, 0.4) is 0 Å². The normalized spacial score (nSPS) is 16.4. The van der Waals surface area contributed by atoms with E-state index in [2.05, 4.69) is 17.2 Å². The number of hydrogen-bond donors (Lipinski definition) is 0. The van der Waals surface area contributed by atoms with Crippen molar-refractivity contribution in [2.75, 3.05) is 20.1 Å². The van der Waals surface area contributed by atoms with Crippen LogP contribution in [0, 0.1) is 13.8 Å². The van der Waals surface area contributed by atoms with E-state index in [1.165, 1.54) is 0 Å². The van der Waals surface area contributed by atoms with Gasteiger partial charge in [-0.05, 0) is 37.3 Å². The fourth-order valence-electron chi connectivity index (χ4n) is 4.44. The number of carbonyl (C=O) groups is 2. The number of carbonyl (C=O) groups excluding carboxylic acids is 2. The summed E-state index contributed by atoms with van der Waals surface area (Å²) in [7, 11) is 3.79. The maximum Gasteiger partial charge on any atom is 0.264 e. The Labute approximate surface area is 181 Å². The molecule has 2 amide bonds. The lowest BCUT2D eigenvalue weighted by Gasteiger charge is -2.20. The summed E-state index contributed by atoms with van der Waals surface area (Å²) in [4.78, 5) is 29.9. The third-order valence-corrected chi connectivity index (χ3v) is 7.45. The fraction of sp³-hybridized carbons (Fsp3) is 0.435. The van der Waals surface area contributed by atoms with E-state index in [1.54, 1.807) is 23.2 Å². The number of fused-ring (bicyclic) bond motifs is 1. The Morgan fingerprint density at radius 1 is 1.27 bits per heavy atom. The van der Waals surface area contributed by atoms with Crippen molar-refractivity contribution in [3.05, 3.63) is 51.7 Å². The number of rotatable bonds is 4. The fourth-order valence-corrected chi connectivity index (χ4v) is 5.72. The molecule has 1 aliphatic heterocycles. The molecule has 1 fully saturated rings. The van der Waals surface area contributed by atoms with Crippen LogP contribution in [0.5, 0.6) is 0 Å². The average molecular weight is 425 g/mol. The summed E-state index contributed by atoms with van der Waals surface area (Å²) in [5.41, 5.74) is 4.24. The zero-order chi connectivity index (χ0) is 21.6. The lowest BCUT2D eigenvalue weighted by molar-refractivity contribution is -0.127. The first-order valence-electron chi connectivity index (χ1n) is 10.3. The summed E-state index contributed by atoms with van der Waals surface area (Å²) in [5, 5.41) is 5.62. The minimum Gasteiger partial charge on any atom is -0.342 e. The van der Waals surface area contributed by atoms with Crippen LogP contribution in [0.4, 0.5) is 0 Å². The van der Waals surface area contributed by atoms with Gasteiger partial charge in [0.2, 0.25) is 5.91 Å². The third-order valence-electron chi connectivity index (χ3n) is 6.27. The van der Waals surface area contributed by atoms with Gasteiger partial charge in [0.25, 0.3) is 5.91 Å². The van der Waals surface area contributed by atoms with E-state index in [-0.39, 0.29) is 17.7 Å². The molecule has 7 heteroatoms. The minimum absolute atomic E-state index is 0.0372. The zero-order valence-electron chi connectivity index (χ0n) is 18.2. The van der Waals surface area contributed by atoms with Gasteiger partial charge in [0.05, 0.1) is 10.6 Å². The predicted octanol–water partition coefficient (Wildman–Crippen LogP) is 3.86. The monoisotopic (exact) mass is 424 g/mol. The van der Waals surface area contributed by atoms with E-state index in [4.69, 9.17) is 0 Å². The van der Waals surface area contributed by atoms with Gasteiger partial charge in [-0.3, -0.25) is 14.3 Å². The first-order chi connectivity index (χ1) is 14.3. The number of benzene rings is 1. The summed E-state index contributed by atoms with van der Waals surface area (Å²) in [5.74, 6) is 0.332. The SMILES string of the molecule is CC(=O)N1CCC(c2c(C(=O)N(C)Cc3c(C)nn(C)c3C)sc3ccccc23)C1. The second-order valence-electron chi connectivity index (χ2n) is 8.23. The third kappa shape index (κ3) is 3.51. The van der Waals surface area contributed by atoms with E-state index in [0.717, 1.165) is 50.4 Å². The highest BCUT2D eigenvalue weighted by Gasteiger charge is 2.32. The molecule has 30 heavy (non-hydrogen) atoms. The molecule has 1 aliphatic rings. The Morgan fingerprint density at radius 3 is 2.63 bits per heavy atom. The molecule has 1 atom stereocenters. The molecule has 0 saturated carbocycles. The van der Waals surface area contributed by atoms with Crippen LogP contribution in [0.2, 0.25) is 0 Å². The molecular weight excluding hydrogens is 396 g/mol. The van der Waals surface area contributed by atoms with Crippen molar-refractivity contribution < 1.29 is 9.59 Å². The van der Waals surface area contributed by atoms with Gasteiger partial charge in [-0.2, -0.15) is 5.10 Å². The number of aromatic nitrogens is 2. The van der Waals surface area contributed by atoms with Gasteiger partial charge in [0.1, 0.15) is 0 Å². The van der Waals surface area contributed by atoms with Gasteiger partial charge in [-0.1, -0.05) is 18.2 Å². The summed E-state index contributed by atoms with van der Waals surface area (Å²) in [6.45, 7) is 7.60. The molecule has 1 saturated heterocycles. The number of nitrogens with zero attached hydrogens (tertiary/aromatic N) is 4. The number of thiophene rings is 1. The van der Waals surface area contributed by atoms with Crippen LogP contribution in [0.1, 0.15) is 51.4 Å². The van der Waals surface area contributed by atoms with Gasteiger partial charge in [-0.25, -0.2) is 0 Å². The summed E-state index contributed by atoms with van der Waals surface area (Å²) < 4.78 is 2.99. The van der Waals surface area contributed by atoms with Crippen LogP contribution in [0.25, 0.3) is 10.1 Å². The van der Waals surface area contributed by atoms with Gasteiger partial charge >= 0.3 is 0 Å². The van der Waals surface area contributed by atoms with Crippen molar-refractivity contribution in [3.8, 4) is 0 Å². The molecule has 158 valence electrons. The first-order valence-corrected chi connectivity index (χ1v) is 11.1. The molecule has 3 heterocycles. The smallest absolute Gasteiger partial charge is 0.264 e. The molecular formula is C23H28N4O2S. The summed E-state index contributed by atoms with van der Waals surface area (Å²) >= 11 is 1.57. The van der Waals surface area contributed by atoms with Crippen LogP contribution in [-0.2, 0) is 18.4 Å². The Balaban J connectivity index is 1.69. The quantitative estimate of drug-likeness (QED) is 0.639. The number of hydrogen-bond acceptors (Lipinski definition) is 4. The van der Waals surface area contributed by atoms with E-state index in [0.29, 0.717) is 13.1 Å². The van der Waals surface area contributed by atoms with Crippen molar-refractivity contribution in [1.29, 1.82) is 0 Å². The van der Waals surface area contributed by atoms with Crippen LogP contribution >= 0.6 is 11.3 Å². The molecule has 1 aromatic carbocycles. The van der Waals surface area contributed by atoms with E-state index in [1.807, 2.05) is 49.7 Å². The topological polar surface area (TPSA) is 58.4 Å². The lowest BCUT2D eigenvalue weighted by atomic mass is 9.94. The van der Waals surface area contributed by atoms with Gasteiger partial charge in [0, 0.05) is 62.5 Å². The van der Waals surface area contributed by atoms with Crippen LogP contribution in [-0.4, -0.2) is 51.5 Å². The molecule has 0 bridgehead atoms. The largest absolute Gasteiger partial charge is 0.342 e. The van der Waals surface area contributed by atoms with Crippen LogP contribution < -0.4 is 0 Å². The second-order valence-corrected chi connectivity index (χ2v) is 9.28. The standard InChI is InChI=1S/C23H28N4O2S/c1-14-19(15(2)26(5)24-14)13-25(4)23(29)22-21(17-10-11-27(12-17)16(3)28)18-8-6-7-9-20(18)30-22/h6-9,17H,10-13H2,1-5H3.